The molecule has 0 N–H and O–H groups in total. The third-order valence-electron chi connectivity index (χ3n) is 8.92. The smallest absolute Gasteiger partial charge is 0.319 e. The van der Waals surface area contributed by atoms with Crippen LogP contribution in [0.25, 0.3) is 26.9 Å². The summed E-state index contributed by atoms with van der Waals surface area (Å²) in [7, 11) is 2.10. The Morgan fingerprint density at radius 2 is 2.00 bits per heavy atom. The van der Waals surface area contributed by atoms with Crippen LogP contribution in [0.2, 0.25) is 0 Å². The van der Waals surface area contributed by atoms with Crippen molar-refractivity contribution in [1.29, 1.82) is 0 Å². The predicted molar refractivity (Wildman–Crippen MR) is 160 cm³/mol. The van der Waals surface area contributed by atoms with Gasteiger partial charge in [0.1, 0.15) is 24.3 Å². The minimum atomic E-state index is -0.354. The minimum absolute atomic E-state index is 0.154. The molecule has 0 saturated carbocycles. The number of fused-ring (bicyclic) bond motifs is 2. The minimum Gasteiger partial charge on any atom is -0.462 e. The van der Waals surface area contributed by atoms with E-state index in [2.05, 4.69) is 28.4 Å². The number of benzene rings is 1. The Morgan fingerprint density at radius 3 is 2.79 bits per heavy atom. The molecule has 0 spiro atoms. The Hall–Kier alpha value is -4.10. The van der Waals surface area contributed by atoms with Crippen LogP contribution < -0.4 is 9.64 Å². The molecule has 2 fully saturated rings. The molecule has 0 bridgehead atoms. The normalized spacial score (nSPS) is 20.8. The van der Waals surface area contributed by atoms with Crippen LogP contribution in [-0.4, -0.2) is 89.1 Å². The number of pyridine rings is 1. The number of aromatic nitrogens is 3. The Morgan fingerprint density at radius 1 is 1.14 bits per heavy atom. The van der Waals surface area contributed by atoms with Crippen LogP contribution in [0, 0.1) is 12.4 Å². The highest BCUT2D eigenvalue weighted by Crippen LogP contribution is 2.37. The number of aryl methyl sites for hydroxylation is 1. The number of hydrogen-bond acceptors (Lipinski definition) is 7. The van der Waals surface area contributed by atoms with Crippen molar-refractivity contribution in [2.75, 3.05) is 51.3 Å². The molecule has 2 aliphatic heterocycles. The molecule has 1 amide bonds. The molecular weight excluding hydrogens is 533 g/mol. The van der Waals surface area contributed by atoms with Gasteiger partial charge in [-0.1, -0.05) is 6.58 Å². The van der Waals surface area contributed by atoms with Crippen molar-refractivity contribution in [3.8, 4) is 17.1 Å². The number of carbonyl (C=O) groups excluding carboxylic acids is 1. The Labute approximate surface area is 245 Å². The summed E-state index contributed by atoms with van der Waals surface area (Å²) in [5.41, 5.74) is 4.23. The molecule has 2 saturated heterocycles. The van der Waals surface area contributed by atoms with Gasteiger partial charge in [0.05, 0.1) is 5.52 Å². The summed E-state index contributed by atoms with van der Waals surface area (Å²) in [6.45, 7) is 14.0. The lowest BCUT2D eigenvalue weighted by molar-refractivity contribution is -0.128. The summed E-state index contributed by atoms with van der Waals surface area (Å²) in [6.07, 6.45) is 11.2. The van der Waals surface area contributed by atoms with Gasteiger partial charge in [-0.15, -0.1) is 0 Å². The molecule has 1 aliphatic carbocycles. The second-order valence-electron chi connectivity index (χ2n) is 11.5. The number of rotatable bonds is 7. The quantitative estimate of drug-likeness (QED) is 0.310. The average Bonchev–Trinajstić information content (AvgIpc) is 3.43. The molecule has 2 atom stereocenters. The monoisotopic (exact) mass is 569 g/mol. The Balaban J connectivity index is 1.42. The van der Waals surface area contributed by atoms with E-state index in [1.807, 2.05) is 11.1 Å². The first kappa shape index (κ1) is 28.0. The first-order valence-electron chi connectivity index (χ1n) is 14.8. The fourth-order valence-electron chi connectivity index (χ4n) is 6.59. The van der Waals surface area contributed by atoms with E-state index >= 15 is 4.39 Å². The highest BCUT2D eigenvalue weighted by Gasteiger charge is 2.33. The second-order valence-corrected chi connectivity index (χ2v) is 11.5. The van der Waals surface area contributed by atoms with Crippen LogP contribution in [-0.2, 0) is 17.6 Å². The van der Waals surface area contributed by atoms with Crippen molar-refractivity contribution >= 4 is 22.6 Å². The van der Waals surface area contributed by atoms with E-state index in [1.165, 1.54) is 17.7 Å². The molecule has 4 heterocycles. The molecule has 42 heavy (non-hydrogen) atoms. The summed E-state index contributed by atoms with van der Waals surface area (Å²) in [6, 6.07) is 3.51. The van der Waals surface area contributed by atoms with E-state index in [1.54, 1.807) is 17.2 Å². The first-order chi connectivity index (χ1) is 20.5. The van der Waals surface area contributed by atoms with Crippen molar-refractivity contribution in [2.24, 2.45) is 0 Å². The number of hydrogen-bond donors (Lipinski definition) is 0. The third-order valence-corrected chi connectivity index (χ3v) is 8.92. The fraction of sp³-hybridized carbons (Fsp3) is 0.469. The van der Waals surface area contributed by atoms with Gasteiger partial charge in [-0.2, -0.15) is 9.97 Å². The Kier molecular flexibility index (Phi) is 8.02. The standard InChI is InChI=1S/C32H36FN7O2/c1-4-30(41)40-13-12-39(19-23(40)17-34-2)31-26-14-28(33)25(27-18-35-16-21-8-5-6-10-24(21)27)15-29(26)36-32(37-31)42-20-22-9-7-11-38(22)3/h4,14-16,18,22-23H,1,5-13,17,19-20H2,3H3/t22-,23-/m0/s1. The fourth-order valence-corrected chi connectivity index (χ4v) is 6.59. The maximum Gasteiger partial charge on any atom is 0.319 e. The zero-order valence-corrected chi connectivity index (χ0v) is 24.1. The maximum absolute atomic E-state index is 16.0. The summed E-state index contributed by atoms with van der Waals surface area (Å²) in [5, 5.41) is 0.574. The third kappa shape index (κ3) is 5.41. The summed E-state index contributed by atoms with van der Waals surface area (Å²) < 4.78 is 22.2. The lowest BCUT2D eigenvalue weighted by Gasteiger charge is -2.39. The number of ether oxygens (including phenoxy) is 1. The van der Waals surface area contributed by atoms with Crippen molar-refractivity contribution in [3.05, 3.63) is 65.5 Å². The highest BCUT2D eigenvalue weighted by molar-refractivity contribution is 5.94. The topological polar surface area (TPSA) is 79.1 Å². The number of piperazine rings is 1. The zero-order valence-electron chi connectivity index (χ0n) is 24.1. The molecule has 0 radical (unpaired) electrons. The largest absolute Gasteiger partial charge is 0.462 e. The number of likely N-dealkylation sites (tertiary alicyclic amines) is 1. The van der Waals surface area contributed by atoms with Gasteiger partial charge in [0.25, 0.3) is 0 Å². The molecule has 6 rings (SSSR count). The second kappa shape index (κ2) is 12.0. The number of likely N-dealkylation sites (N-methyl/N-ethyl adjacent to an activating group) is 1. The summed E-state index contributed by atoms with van der Waals surface area (Å²) in [5.74, 6) is -0.00211. The van der Waals surface area contributed by atoms with E-state index in [-0.39, 0.29) is 36.4 Å². The van der Waals surface area contributed by atoms with Gasteiger partial charge in [0.15, 0.2) is 0 Å². The van der Waals surface area contributed by atoms with Crippen molar-refractivity contribution in [1.82, 2.24) is 24.8 Å². The van der Waals surface area contributed by atoms with Crippen molar-refractivity contribution < 1.29 is 13.9 Å². The van der Waals surface area contributed by atoms with Gasteiger partial charge in [-0.3, -0.25) is 9.78 Å². The summed E-state index contributed by atoms with van der Waals surface area (Å²) in [4.78, 5) is 36.1. The zero-order chi connectivity index (χ0) is 29.2. The number of anilines is 1. The molecule has 3 aromatic rings. The lowest BCUT2D eigenvalue weighted by atomic mass is 9.87. The molecule has 3 aliphatic rings. The number of halogens is 1. The number of carbonyl (C=O) groups is 1. The lowest BCUT2D eigenvalue weighted by Crippen LogP contribution is -2.56. The van der Waals surface area contributed by atoms with Crippen molar-refractivity contribution in [2.45, 2.75) is 50.6 Å². The van der Waals surface area contributed by atoms with Crippen LogP contribution in [0.3, 0.4) is 0 Å². The average molecular weight is 570 g/mol. The van der Waals surface area contributed by atoms with Gasteiger partial charge in [-0.25, -0.2) is 11.0 Å². The van der Waals surface area contributed by atoms with E-state index in [9.17, 15) is 4.79 Å². The molecule has 1 aromatic carbocycles. The van der Waals surface area contributed by atoms with Gasteiger partial charge < -0.3 is 24.3 Å². The van der Waals surface area contributed by atoms with Gasteiger partial charge in [0.2, 0.25) is 12.5 Å². The highest BCUT2D eigenvalue weighted by atomic mass is 19.1. The van der Waals surface area contributed by atoms with E-state index in [0.717, 1.165) is 56.2 Å². The van der Waals surface area contributed by atoms with Crippen LogP contribution in [0.5, 0.6) is 6.01 Å². The van der Waals surface area contributed by atoms with Crippen LogP contribution >= 0.6 is 0 Å². The van der Waals surface area contributed by atoms with Crippen LogP contribution in [0.15, 0.2) is 37.2 Å². The number of amides is 1. The van der Waals surface area contributed by atoms with Gasteiger partial charge >= 0.3 is 6.01 Å². The molecule has 2 aromatic heterocycles. The molecule has 0 unspecified atom stereocenters. The van der Waals surface area contributed by atoms with E-state index < -0.39 is 0 Å². The Bertz CT molecular complexity index is 1550. The maximum atomic E-state index is 16.0. The van der Waals surface area contributed by atoms with Gasteiger partial charge in [0, 0.05) is 54.6 Å². The van der Waals surface area contributed by atoms with E-state index in [0.29, 0.717) is 48.5 Å². The van der Waals surface area contributed by atoms with Crippen LogP contribution in [0.4, 0.5) is 10.2 Å². The molecular formula is C32H36FN7O2. The molecule has 218 valence electrons. The SMILES string of the molecule is [C-]#[N+]C[C@H]1CN(c2nc(OC[C@@H]3CCCN3C)nc3cc(-c4cncc5c4CCCC5)c(F)cc23)CCN1C(=O)C=C. The van der Waals surface area contributed by atoms with E-state index in [4.69, 9.17) is 21.3 Å². The molecule has 10 heteroatoms. The van der Waals surface area contributed by atoms with Crippen LogP contribution in [0.1, 0.15) is 36.8 Å². The summed E-state index contributed by atoms with van der Waals surface area (Å²) >= 11 is 0. The first-order valence-corrected chi connectivity index (χ1v) is 14.8. The van der Waals surface area contributed by atoms with Crippen molar-refractivity contribution in [3.63, 3.8) is 0 Å². The molecule has 9 nitrogen and oxygen atoms in total. The number of nitrogens with zero attached hydrogens (tertiary/aromatic N) is 7. The predicted octanol–water partition coefficient (Wildman–Crippen LogP) is 4.31. The van der Waals surface area contributed by atoms with Gasteiger partial charge in [-0.05, 0) is 81.5 Å².